The molecule has 0 N–H and O–H groups in total. The predicted octanol–water partition coefficient (Wildman–Crippen LogP) is 0.170. The lowest BCUT2D eigenvalue weighted by Gasteiger charge is -2.20. The van der Waals surface area contributed by atoms with Crippen molar-refractivity contribution in [2.24, 2.45) is 0 Å². The molecular formula is C5H9NO2. The van der Waals surface area contributed by atoms with Crippen LogP contribution in [0.25, 0.3) is 0 Å². The maximum Gasteiger partial charge on any atom is 0.233 e. The molecule has 3 nitrogen and oxygen atoms in total. The van der Waals surface area contributed by atoms with E-state index < -0.39 is 0 Å². The standard InChI is InChI=1S/C5H9NO2/c7-5-6-3-1-2-4-8-6/h5H,1-4H2. The Kier molecular flexibility index (Phi) is 1.86. The quantitative estimate of drug-likeness (QED) is 0.456. The summed E-state index contributed by atoms with van der Waals surface area (Å²) in [6.45, 7) is 1.45. The van der Waals surface area contributed by atoms with Crippen molar-refractivity contribution in [3.63, 3.8) is 0 Å². The number of hydroxylamine groups is 2. The zero-order valence-electron chi connectivity index (χ0n) is 4.67. The van der Waals surface area contributed by atoms with Gasteiger partial charge in [0.15, 0.2) is 0 Å². The monoisotopic (exact) mass is 115 g/mol. The molecule has 1 fully saturated rings. The molecule has 46 valence electrons. The van der Waals surface area contributed by atoms with Crippen LogP contribution in [0.15, 0.2) is 0 Å². The zero-order chi connectivity index (χ0) is 5.82. The second-order valence-electron chi connectivity index (χ2n) is 1.79. The van der Waals surface area contributed by atoms with Gasteiger partial charge < -0.3 is 0 Å². The third-order valence-electron chi connectivity index (χ3n) is 1.15. The molecule has 0 aromatic rings. The molecule has 8 heavy (non-hydrogen) atoms. The maximum absolute atomic E-state index is 9.96. The molecule has 0 aliphatic carbocycles. The lowest BCUT2D eigenvalue weighted by Crippen LogP contribution is -2.28. The van der Waals surface area contributed by atoms with Crippen LogP contribution < -0.4 is 0 Å². The molecule has 1 amide bonds. The number of carbonyl (C=O) groups excluding carboxylic acids is 1. The molecule has 0 atom stereocenters. The number of rotatable bonds is 1. The van der Waals surface area contributed by atoms with Gasteiger partial charge in [-0.3, -0.25) is 9.63 Å². The van der Waals surface area contributed by atoms with E-state index in [9.17, 15) is 4.79 Å². The zero-order valence-corrected chi connectivity index (χ0v) is 4.67. The summed E-state index contributed by atoms with van der Waals surface area (Å²) in [4.78, 5) is 14.9. The summed E-state index contributed by atoms with van der Waals surface area (Å²) in [7, 11) is 0. The lowest BCUT2D eigenvalue weighted by molar-refractivity contribution is -0.182. The molecule has 0 aromatic heterocycles. The Labute approximate surface area is 48.2 Å². The SMILES string of the molecule is O=CN1CCCCO1. The highest BCUT2D eigenvalue weighted by Gasteiger charge is 2.05. The van der Waals surface area contributed by atoms with E-state index in [4.69, 9.17) is 4.84 Å². The van der Waals surface area contributed by atoms with Gasteiger partial charge in [-0.25, -0.2) is 5.06 Å². The minimum atomic E-state index is 0.693. The van der Waals surface area contributed by atoms with Crippen molar-refractivity contribution in [1.82, 2.24) is 5.06 Å². The van der Waals surface area contributed by atoms with Crippen LogP contribution in [0, 0.1) is 0 Å². The Hall–Kier alpha value is -0.570. The summed E-state index contributed by atoms with van der Waals surface area (Å²) < 4.78 is 0. The van der Waals surface area contributed by atoms with Crippen molar-refractivity contribution in [1.29, 1.82) is 0 Å². The Morgan fingerprint density at radius 2 is 2.38 bits per heavy atom. The Bertz CT molecular complexity index is 78.5. The number of hydrogen-bond acceptors (Lipinski definition) is 2. The first-order valence-electron chi connectivity index (χ1n) is 2.78. The van der Waals surface area contributed by atoms with Gasteiger partial charge in [0.2, 0.25) is 6.41 Å². The van der Waals surface area contributed by atoms with Crippen molar-refractivity contribution in [2.75, 3.05) is 13.2 Å². The Morgan fingerprint density at radius 1 is 1.50 bits per heavy atom. The highest BCUT2D eigenvalue weighted by Crippen LogP contribution is 2.01. The molecule has 1 aliphatic heterocycles. The second-order valence-corrected chi connectivity index (χ2v) is 1.79. The highest BCUT2D eigenvalue weighted by atomic mass is 16.7. The Morgan fingerprint density at radius 3 is 2.75 bits per heavy atom. The van der Waals surface area contributed by atoms with Crippen molar-refractivity contribution < 1.29 is 9.63 Å². The first kappa shape index (κ1) is 5.56. The van der Waals surface area contributed by atoms with Gasteiger partial charge in [-0.2, -0.15) is 0 Å². The Balaban J connectivity index is 2.22. The largest absolute Gasteiger partial charge is 0.276 e. The molecule has 1 rings (SSSR count). The van der Waals surface area contributed by atoms with Crippen LogP contribution in [0.5, 0.6) is 0 Å². The minimum Gasteiger partial charge on any atom is -0.276 e. The van der Waals surface area contributed by atoms with E-state index >= 15 is 0 Å². The van der Waals surface area contributed by atoms with Gasteiger partial charge in [0.05, 0.1) is 6.61 Å². The van der Waals surface area contributed by atoms with Crippen LogP contribution >= 0.6 is 0 Å². The lowest BCUT2D eigenvalue weighted by atomic mass is 10.3. The third-order valence-corrected chi connectivity index (χ3v) is 1.15. The topological polar surface area (TPSA) is 29.5 Å². The smallest absolute Gasteiger partial charge is 0.233 e. The molecule has 1 aliphatic rings. The summed E-state index contributed by atoms with van der Waals surface area (Å²) >= 11 is 0. The molecule has 3 heteroatoms. The summed E-state index contributed by atoms with van der Waals surface area (Å²) in [6.07, 6.45) is 2.86. The predicted molar refractivity (Wildman–Crippen MR) is 28.0 cm³/mol. The van der Waals surface area contributed by atoms with Crippen molar-refractivity contribution in [3.8, 4) is 0 Å². The third kappa shape index (κ3) is 1.20. The highest BCUT2D eigenvalue weighted by molar-refractivity contribution is 5.44. The van der Waals surface area contributed by atoms with Crippen molar-refractivity contribution >= 4 is 6.41 Å². The van der Waals surface area contributed by atoms with E-state index in [-0.39, 0.29) is 0 Å². The average Bonchev–Trinajstić information content (AvgIpc) is 1.90. The molecule has 0 spiro atoms. The fraction of sp³-hybridized carbons (Fsp3) is 0.800. The normalized spacial score (nSPS) is 20.8. The van der Waals surface area contributed by atoms with Gasteiger partial charge in [0.1, 0.15) is 0 Å². The van der Waals surface area contributed by atoms with Gasteiger partial charge in [-0.05, 0) is 12.8 Å². The van der Waals surface area contributed by atoms with Crippen LogP contribution in [0.1, 0.15) is 12.8 Å². The van der Waals surface area contributed by atoms with E-state index in [1.54, 1.807) is 0 Å². The van der Waals surface area contributed by atoms with Gasteiger partial charge in [0, 0.05) is 6.54 Å². The molecule has 1 heterocycles. The van der Waals surface area contributed by atoms with E-state index in [1.165, 1.54) is 5.06 Å². The van der Waals surface area contributed by atoms with Crippen LogP contribution in [0.3, 0.4) is 0 Å². The maximum atomic E-state index is 9.96. The number of nitrogens with zero attached hydrogens (tertiary/aromatic N) is 1. The second kappa shape index (κ2) is 2.67. The van der Waals surface area contributed by atoms with Crippen molar-refractivity contribution in [2.45, 2.75) is 12.8 Å². The fourth-order valence-electron chi connectivity index (χ4n) is 0.699. The summed E-state index contributed by atoms with van der Waals surface area (Å²) in [5, 5.41) is 1.34. The van der Waals surface area contributed by atoms with E-state index in [1.807, 2.05) is 0 Å². The molecule has 0 unspecified atom stereocenters. The molecule has 0 aromatic carbocycles. The number of amides is 1. The van der Waals surface area contributed by atoms with Gasteiger partial charge in [-0.15, -0.1) is 0 Å². The van der Waals surface area contributed by atoms with Crippen LogP contribution in [0.4, 0.5) is 0 Å². The molecule has 0 bridgehead atoms. The van der Waals surface area contributed by atoms with E-state index in [2.05, 4.69) is 0 Å². The summed E-state index contributed by atoms with van der Waals surface area (Å²) in [5.74, 6) is 0. The minimum absolute atomic E-state index is 0.693. The van der Waals surface area contributed by atoms with Crippen LogP contribution in [-0.2, 0) is 9.63 Å². The molecular weight excluding hydrogens is 106 g/mol. The van der Waals surface area contributed by atoms with Crippen LogP contribution in [-0.4, -0.2) is 24.6 Å². The number of carbonyl (C=O) groups is 1. The first-order chi connectivity index (χ1) is 3.93. The summed E-state index contributed by atoms with van der Waals surface area (Å²) in [5.41, 5.74) is 0. The molecule has 0 radical (unpaired) electrons. The fourth-order valence-corrected chi connectivity index (χ4v) is 0.699. The molecule has 1 saturated heterocycles. The van der Waals surface area contributed by atoms with Gasteiger partial charge in [0.25, 0.3) is 0 Å². The van der Waals surface area contributed by atoms with Crippen molar-refractivity contribution in [3.05, 3.63) is 0 Å². The summed E-state index contributed by atoms with van der Waals surface area (Å²) in [6, 6.07) is 0. The number of hydrogen-bond donors (Lipinski definition) is 0. The van der Waals surface area contributed by atoms with Gasteiger partial charge in [-0.1, -0.05) is 0 Å². The average molecular weight is 115 g/mol. The van der Waals surface area contributed by atoms with E-state index in [0.717, 1.165) is 25.8 Å². The van der Waals surface area contributed by atoms with Gasteiger partial charge >= 0.3 is 0 Å². The first-order valence-corrected chi connectivity index (χ1v) is 2.78. The molecule has 0 saturated carbocycles. The van der Waals surface area contributed by atoms with E-state index in [0.29, 0.717) is 6.61 Å². The van der Waals surface area contributed by atoms with Crippen LogP contribution in [0.2, 0.25) is 0 Å².